The number of ether oxygens (including phenoxy) is 5. The van der Waals surface area contributed by atoms with Gasteiger partial charge in [-0.25, -0.2) is 0 Å². The molecule has 0 aliphatic carbocycles. The molecule has 0 bridgehead atoms. The first-order valence-corrected chi connectivity index (χ1v) is 14.0. The maximum Gasteiger partial charge on any atom is 0.161 e. The van der Waals surface area contributed by atoms with Crippen molar-refractivity contribution >= 4 is 0 Å². The monoisotopic (exact) mass is 484 g/mol. The van der Waals surface area contributed by atoms with Gasteiger partial charge in [0, 0.05) is 11.8 Å². The molecule has 6 nitrogen and oxygen atoms in total. The summed E-state index contributed by atoms with van der Waals surface area (Å²) in [5.74, 6) is 1.51. The summed E-state index contributed by atoms with van der Waals surface area (Å²) >= 11 is 0. The van der Waals surface area contributed by atoms with E-state index >= 15 is 0 Å². The van der Waals surface area contributed by atoms with Crippen LogP contribution in [0.2, 0.25) is 0 Å². The van der Waals surface area contributed by atoms with E-state index < -0.39 is 6.10 Å². The van der Waals surface area contributed by atoms with Gasteiger partial charge in [-0.1, -0.05) is 62.3 Å². The zero-order chi connectivity index (χ0) is 25.3. The van der Waals surface area contributed by atoms with Gasteiger partial charge in [0.15, 0.2) is 12.6 Å². The Balaban J connectivity index is 1.72. The Morgan fingerprint density at radius 1 is 0.529 bits per heavy atom. The van der Waals surface area contributed by atoms with Gasteiger partial charge in [0.25, 0.3) is 0 Å². The summed E-state index contributed by atoms with van der Waals surface area (Å²) in [5, 5.41) is 10.6. The van der Waals surface area contributed by atoms with Crippen molar-refractivity contribution in [3.63, 3.8) is 0 Å². The predicted octanol–water partition coefficient (Wildman–Crippen LogP) is 5.40. The average Bonchev–Trinajstić information content (AvgIpc) is 2.83. The molecule has 0 aromatic carbocycles. The van der Waals surface area contributed by atoms with Gasteiger partial charge < -0.3 is 28.8 Å². The molecule has 15 atom stereocenters. The molecule has 0 aromatic heterocycles. The van der Waals surface area contributed by atoms with Crippen molar-refractivity contribution in [3.8, 4) is 0 Å². The molecule has 3 saturated heterocycles. The largest absolute Gasteiger partial charge is 0.390 e. The highest BCUT2D eigenvalue weighted by Gasteiger charge is 2.49. The van der Waals surface area contributed by atoms with Crippen LogP contribution in [0, 0.1) is 35.5 Å². The van der Waals surface area contributed by atoms with E-state index in [1.165, 1.54) is 0 Å². The molecule has 0 amide bonds. The maximum absolute atomic E-state index is 10.6. The van der Waals surface area contributed by atoms with Crippen molar-refractivity contribution in [2.45, 2.75) is 144 Å². The van der Waals surface area contributed by atoms with Crippen LogP contribution in [0.3, 0.4) is 0 Å². The Hall–Kier alpha value is -0.240. The van der Waals surface area contributed by atoms with E-state index in [1.54, 1.807) is 0 Å². The number of aliphatic hydroxyl groups excluding tert-OH is 1. The molecule has 3 rings (SSSR count). The molecule has 3 aliphatic rings. The molecular weight excluding hydrogens is 432 g/mol. The second-order valence-electron chi connectivity index (χ2n) is 11.5. The molecule has 0 saturated carbocycles. The van der Waals surface area contributed by atoms with Crippen molar-refractivity contribution in [2.24, 2.45) is 35.5 Å². The zero-order valence-corrected chi connectivity index (χ0v) is 23.3. The van der Waals surface area contributed by atoms with Crippen LogP contribution in [-0.2, 0) is 23.7 Å². The number of hydrogen-bond donors (Lipinski definition) is 1. The van der Waals surface area contributed by atoms with Crippen LogP contribution in [0.4, 0.5) is 0 Å². The SMILES string of the molecule is CCC1O[C@H](O[C@@H]2C(CC)O[C@@H](O[C@H]3C(C)C(C)[C@@H](C)O[C@H]3CC)C(C)[C@H]2C)C(C)[C@@H](C)[C@@H]1O. The van der Waals surface area contributed by atoms with E-state index in [-0.39, 0.29) is 72.9 Å². The molecule has 6 unspecified atom stereocenters. The second kappa shape index (κ2) is 11.9. The number of aliphatic hydroxyl groups is 1. The molecule has 34 heavy (non-hydrogen) atoms. The Labute approximate surface area is 208 Å². The van der Waals surface area contributed by atoms with Gasteiger partial charge in [-0.3, -0.25) is 0 Å². The topological polar surface area (TPSA) is 66.4 Å². The summed E-state index contributed by atoms with van der Waals surface area (Å²) in [5.41, 5.74) is 0. The average molecular weight is 485 g/mol. The molecular formula is C28H52O6. The van der Waals surface area contributed by atoms with E-state index in [9.17, 15) is 5.11 Å². The summed E-state index contributed by atoms with van der Waals surface area (Å²) in [6.45, 7) is 21.8. The van der Waals surface area contributed by atoms with E-state index in [4.69, 9.17) is 23.7 Å². The van der Waals surface area contributed by atoms with Crippen LogP contribution in [0.1, 0.15) is 88.5 Å². The first-order chi connectivity index (χ1) is 16.0. The highest BCUT2D eigenvalue weighted by atomic mass is 16.7. The number of rotatable bonds is 7. The minimum atomic E-state index is -0.449. The first-order valence-electron chi connectivity index (χ1n) is 14.0. The fourth-order valence-electron chi connectivity index (χ4n) is 6.12. The Kier molecular flexibility index (Phi) is 9.89. The van der Waals surface area contributed by atoms with Crippen LogP contribution in [0.5, 0.6) is 0 Å². The smallest absolute Gasteiger partial charge is 0.161 e. The van der Waals surface area contributed by atoms with Crippen LogP contribution in [0.25, 0.3) is 0 Å². The summed E-state index contributed by atoms with van der Waals surface area (Å²) < 4.78 is 32.6. The van der Waals surface area contributed by atoms with Crippen molar-refractivity contribution in [1.29, 1.82) is 0 Å². The summed E-state index contributed by atoms with van der Waals surface area (Å²) in [6, 6.07) is 0. The first kappa shape index (κ1) is 28.3. The highest BCUT2D eigenvalue weighted by Crippen LogP contribution is 2.41. The molecule has 3 heterocycles. The van der Waals surface area contributed by atoms with Crippen molar-refractivity contribution in [1.82, 2.24) is 0 Å². The van der Waals surface area contributed by atoms with Crippen molar-refractivity contribution in [3.05, 3.63) is 0 Å². The molecule has 1 N–H and O–H groups in total. The molecule has 0 aromatic rings. The lowest BCUT2D eigenvalue weighted by molar-refractivity contribution is -0.342. The van der Waals surface area contributed by atoms with Crippen LogP contribution >= 0.6 is 0 Å². The fraction of sp³-hybridized carbons (Fsp3) is 1.00. The Morgan fingerprint density at radius 3 is 1.44 bits per heavy atom. The third kappa shape index (κ3) is 5.52. The van der Waals surface area contributed by atoms with E-state index in [0.29, 0.717) is 11.8 Å². The second-order valence-corrected chi connectivity index (χ2v) is 11.5. The number of hydrogen-bond acceptors (Lipinski definition) is 6. The third-order valence-corrected chi connectivity index (χ3v) is 9.57. The van der Waals surface area contributed by atoms with Crippen LogP contribution in [0.15, 0.2) is 0 Å². The van der Waals surface area contributed by atoms with E-state index in [2.05, 4.69) is 69.2 Å². The Bertz CT molecular complexity index is 624. The maximum atomic E-state index is 10.6. The van der Waals surface area contributed by atoms with Gasteiger partial charge in [-0.15, -0.1) is 0 Å². The molecule has 0 spiro atoms. The van der Waals surface area contributed by atoms with Gasteiger partial charge in [-0.2, -0.15) is 0 Å². The molecule has 3 fully saturated rings. The third-order valence-electron chi connectivity index (χ3n) is 9.57. The summed E-state index contributed by atoms with van der Waals surface area (Å²) in [4.78, 5) is 0. The lowest BCUT2D eigenvalue weighted by atomic mass is 9.80. The van der Waals surface area contributed by atoms with Gasteiger partial charge in [0.2, 0.25) is 0 Å². The molecule has 0 radical (unpaired) electrons. The lowest BCUT2D eigenvalue weighted by Crippen LogP contribution is -2.58. The molecule has 6 heteroatoms. The molecule has 3 aliphatic heterocycles. The van der Waals surface area contributed by atoms with Crippen LogP contribution < -0.4 is 0 Å². The van der Waals surface area contributed by atoms with Gasteiger partial charge >= 0.3 is 0 Å². The van der Waals surface area contributed by atoms with Crippen LogP contribution in [-0.4, -0.2) is 60.4 Å². The summed E-state index contributed by atoms with van der Waals surface area (Å²) in [6.07, 6.45) is 1.53. The zero-order valence-electron chi connectivity index (χ0n) is 23.3. The van der Waals surface area contributed by atoms with Crippen molar-refractivity contribution in [2.75, 3.05) is 0 Å². The van der Waals surface area contributed by atoms with Gasteiger partial charge in [0.1, 0.15) is 0 Å². The van der Waals surface area contributed by atoms with Gasteiger partial charge in [-0.05, 0) is 49.9 Å². The van der Waals surface area contributed by atoms with Crippen molar-refractivity contribution < 1.29 is 28.8 Å². The minimum absolute atomic E-state index is 0.0279. The van der Waals surface area contributed by atoms with E-state index in [0.717, 1.165) is 19.3 Å². The van der Waals surface area contributed by atoms with E-state index in [1.807, 2.05) is 0 Å². The lowest BCUT2D eigenvalue weighted by Gasteiger charge is -2.50. The Morgan fingerprint density at radius 2 is 0.941 bits per heavy atom. The standard InChI is InChI=1S/C28H52O6/c1-11-21-24(29)15(5)18(8)27(31-21)34-26-17(7)19(9)28(32-23(26)13-3)33-25-16(6)14(4)20(10)30-22(25)12-2/h14-29H,11-13H2,1-10H3/t14?,15-,16?,17-,18?,19?,20-,21?,22+,23?,24+,25+,26+,27-,28+/m1/s1. The summed E-state index contributed by atoms with van der Waals surface area (Å²) in [7, 11) is 0. The minimum Gasteiger partial charge on any atom is -0.390 e. The fourth-order valence-corrected chi connectivity index (χ4v) is 6.12. The highest BCUT2D eigenvalue weighted by molar-refractivity contribution is 4.92. The normalized spacial score (nSPS) is 52.5. The predicted molar refractivity (Wildman–Crippen MR) is 133 cm³/mol. The van der Waals surface area contributed by atoms with Gasteiger partial charge in [0.05, 0.1) is 42.7 Å². The quantitative estimate of drug-likeness (QED) is 0.522. The molecule has 200 valence electrons.